The molecule has 2 heterocycles. The molecule has 5 nitrogen and oxygen atoms in total. The van der Waals surface area contributed by atoms with Crippen LogP contribution < -0.4 is 0 Å². The van der Waals surface area contributed by atoms with Gasteiger partial charge in [-0.25, -0.2) is 0 Å². The number of rotatable bonds is 5. The second-order valence-corrected chi connectivity index (χ2v) is 7.99. The largest absolute Gasteiger partial charge is 0.360 e. The van der Waals surface area contributed by atoms with Crippen molar-refractivity contribution in [3.63, 3.8) is 0 Å². The highest BCUT2D eigenvalue weighted by atomic mass is 35.5. The Labute approximate surface area is 165 Å². The molecule has 2 aromatic carbocycles. The first kappa shape index (κ1) is 17.8. The molecule has 4 rings (SSSR count). The number of aromatic amines is 1. The van der Waals surface area contributed by atoms with E-state index < -0.39 is 0 Å². The molecule has 0 aliphatic carbocycles. The Morgan fingerprint density at radius 2 is 1.89 bits per heavy atom. The van der Waals surface area contributed by atoms with Crippen molar-refractivity contribution in [3.05, 3.63) is 65.3 Å². The van der Waals surface area contributed by atoms with Gasteiger partial charge in [-0.1, -0.05) is 41.6 Å². The zero-order valence-corrected chi connectivity index (χ0v) is 16.4. The van der Waals surface area contributed by atoms with E-state index in [0.717, 1.165) is 22.3 Å². The van der Waals surface area contributed by atoms with E-state index in [-0.39, 0.29) is 11.0 Å². The van der Waals surface area contributed by atoms with Gasteiger partial charge in [0.2, 0.25) is 0 Å². The van der Waals surface area contributed by atoms with Gasteiger partial charge in [-0.05, 0) is 37.3 Å². The van der Waals surface area contributed by atoms with Crippen LogP contribution in [0.15, 0.2) is 59.9 Å². The standard InChI is InChI=1S/C20H17ClN4OS/c1-12(18(26)16-11-22-17-6-4-3-5-15(16)17)27-20-24-23-19(25(20)2)13-7-9-14(21)10-8-13/h3-12,22H,1-2H3/t12-/m0/s1. The monoisotopic (exact) mass is 396 g/mol. The van der Waals surface area contributed by atoms with Crippen molar-refractivity contribution in [1.29, 1.82) is 0 Å². The van der Waals surface area contributed by atoms with Crippen LogP contribution in [0.4, 0.5) is 0 Å². The molecule has 0 saturated heterocycles. The van der Waals surface area contributed by atoms with Crippen LogP contribution in [0.2, 0.25) is 5.02 Å². The number of halogens is 1. The van der Waals surface area contributed by atoms with Crippen molar-refractivity contribution in [2.75, 3.05) is 0 Å². The maximum Gasteiger partial charge on any atom is 0.191 e. The van der Waals surface area contributed by atoms with Crippen LogP contribution in [0.5, 0.6) is 0 Å². The predicted octanol–water partition coefficient (Wildman–Crippen LogP) is 4.98. The van der Waals surface area contributed by atoms with Gasteiger partial charge in [0.15, 0.2) is 16.8 Å². The Kier molecular flexibility index (Phi) is 4.76. The van der Waals surface area contributed by atoms with Gasteiger partial charge in [0.05, 0.1) is 5.25 Å². The summed E-state index contributed by atoms with van der Waals surface area (Å²) in [5.41, 5.74) is 2.59. The second kappa shape index (κ2) is 7.21. The zero-order valence-electron chi connectivity index (χ0n) is 14.8. The van der Waals surface area contributed by atoms with E-state index in [4.69, 9.17) is 11.6 Å². The van der Waals surface area contributed by atoms with Crippen molar-refractivity contribution < 1.29 is 4.79 Å². The number of aromatic nitrogens is 4. The molecule has 1 N–H and O–H groups in total. The van der Waals surface area contributed by atoms with Crippen molar-refractivity contribution in [1.82, 2.24) is 19.7 Å². The third kappa shape index (κ3) is 3.38. The molecule has 0 bridgehead atoms. The molecule has 0 saturated carbocycles. The first-order valence-electron chi connectivity index (χ1n) is 8.47. The molecule has 0 aliphatic heterocycles. The minimum Gasteiger partial charge on any atom is -0.360 e. The van der Waals surface area contributed by atoms with Gasteiger partial charge in [-0.15, -0.1) is 10.2 Å². The normalized spacial score (nSPS) is 12.4. The number of Topliss-reactive ketones (excluding diaryl/α,β-unsaturated/α-hetero) is 1. The Bertz CT molecular complexity index is 1120. The number of thioether (sulfide) groups is 1. The quantitative estimate of drug-likeness (QED) is 0.381. The average Bonchev–Trinajstić information content (AvgIpc) is 3.26. The molecule has 0 amide bonds. The van der Waals surface area contributed by atoms with Crippen LogP contribution in [0.1, 0.15) is 17.3 Å². The first-order valence-corrected chi connectivity index (χ1v) is 9.72. The van der Waals surface area contributed by atoms with Crippen molar-refractivity contribution in [2.24, 2.45) is 7.05 Å². The fourth-order valence-electron chi connectivity index (χ4n) is 2.97. The Hall–Kier alpha value is -2.57. The third-order valence-electron chi connectivity index (χ3n) is 4.44. The lowest BCUT2D eigenvalue weighted by molar-refractivity contribution is 0.0995. The highest BCUT2D eigenvalue weighted by Gasteiger charge is 2.22. The van der Waals surface area contributed by atoms with Crippen LogP contribution >= 0.6 is 23.4 Å². The molecule has 4 aromatic rings. The number of ketones is 1. The highest BCUT2D eigenvalue weighted by Crippen LogP contribution is 2.29. The fourth-order valence-corrected chi connectivity index (χ4v) is 3.98. The Morgan fingerprint density at radius 3 is 2.67 bits per heavy atom. The number of para-hydroxylation sites is 1. The SMILES string of the molecule is C[C@H](Sc1nnc(-c2ccc(Cl)cc2)n1C)C(=O)c1c[nH]c2ccccc12. The number of carbonyl (C=O) groups excluding carboxylic acids is 1. The molecule has 0 fully saturated rings. The van der Waals surface area contributed by atoms with Crippen LogP contribution in [0.25, 0.3) is 22.3 Å². The van der Waals surface area contributed by atoms with E-state index in [0.29, 0.717) is 15.7 Å². The maximum atomic E-state index is 12.9. The summed E-state index contributed by atoms with van der Waals surface area (Å²) >= 11 is 7.35. The van der Waals surface area contributed by atoms with E-state index in [1.165, 1.54) is 11.8 Å². The van der Waals surface area contributed by atoms with Gasteiger partial charge in [0, 0.05) is 40.3 Å². The van der Waals surface area contributed by atoms with Crippen LogP contribution in [0.3, 0.4) is 0 Å². The number of nitrogens with one attached hydrogen (secondary N) is 1. The lowest BCUT2D eigenvalue weighted by Gasteiger charge is -2.09. The molecule has 0 radical (unpaired) electrons. The Morgan fingerprint density at radius 1 is 1.15 bits per heavy atom. The van der Waals surface area contributed by atoms with Crippen LogP contribution in [-0.4, -0.2) is 30.8 Å². The van der Waals surface area contributed by atoms with Crippen molar-refractivity contribution in [2.45, 2.75) is 17.3 Å². The molecule has 136 valence electrons. The van der Waals surface area contributed by atoms with Gasteiger partial charge in [-0.3, -0.25) is 4.79 Å². The minimum absolute atomic E-state index is 0.0634. The molecular weight excluding hydrogens is 380 g/mol. The van der Waals surface area contributed by atoms with Gasteiger partial charge < -0.3 is 9.55 Å². The number of nitrogens with zero attached hydrogens (tertiary/aromatic N) is 3. The molecule has 0 unspecified atom stereocenters. The smallest absolute Gasteiger partial charge is 0.191 e. The molecule has 1 atom stereocenters. The third-order valence-corrected chi connectivity index (χ3v) is 5.83. The minimum atomic E-state index is -0.287. The van der Waals surface area contributed by atoms with Gasteiger partial charge in [0.25, 0.3) is 0 Å². The molecule has 27 heavy (non-hydrogen) atoms. The summed E-state index contributed by atoms with van der Waals surface area (Å²) in [6, 6.07) is 15.3. The molecule has 0 spiro atoms. The molecule has 2 aromatic heterocycles. The van der Waals surface area contributed by atoms with E-state index in [1.54, 1.807) is 6.20 Å². The predicted molar refractivity (Wildman–Crippen MR) is 109 cm³/mol. The fraction of sp³-hybridized carbons (Fsp3) is 0.150. The summed E-state index contributed by atoms with van der Waals surface area (Å²) in [5, 5.41) is 10.6. The van der Waals surface area contributed by atoms with E-state index in [2.05, 4.69) is 15.2 Å². The van der Waals surface area contributed by atoms with E-state index in [1.807, 2.05) is 67.1 Å². The number of benzene rings is 2. The van der Waals surface area contributed by atoms with Gasteiger partial charge in [-0.2, -0.15) is 0 Å². The van der Waals surface area contributed by atoms with Crippen molar-refractivity contribution in [3.8, 4) is 11.4 Å². The summed E-state index contributed by atoms with van der Waals surface area (Å²) < 4.78 is 1.90. The summed E-state index contributed by atoms with van der Waals surface area (Å²) in [7, 11) is 1.90. The van der Waals surface area contributed by atoms with Crippen LogP contribution in [0, 0.1) is 0 Å². The first-order chi connectivity index (χ1) is 13.0. The number of fused-ring (bicyclic) bond motifs is 1. The number of hydrogen-bond donors (Lipinski definition) is 1. The van der Waals surface area contributed by atoms with Gasteiger partial charge in [0.1, 0.15) is 0 Å². The lowest BCUT2D eigenvalue weighted by atomic mass is 10.1. The summed E-state index contributed by atoms with van der Waals surface area (Å²) in [6.07, 6.45) is 1.78. The summed E-state index contributed by atoms with van der Waals surface area (Å²) in [5.74, 6) is 0.800. The lowest BCUT2D eigenvalue weighted by Crippen LogP contribution is -2.14. The van der Waals surface area contributed by atoms with Crippen molar-refractivity contribution >= 4 is 40.0 Å². The second-order valence-electron chi connectivity index (χ2n) is 6.24. The maximum absolute atomic E-state index is 12.9. The summed E-state index contributed by atoms with van der Waals surface area (Å²) in [6.45, 7) is 1.89. The Balaban J connectivity index is 1.57. The topological polar surface area (TPSA) is 63.6 Å². The van der Waals surface area contributed by atoms with Crippen LogP contribution in [-0.2, 0) is 7.05 Å². The molecular formula is C20H17ClN4OS. The number of hydrogen-bond acceptors (Lipinski definition) is 4. The van der Waals surface area contributed by atoms with E-state index >= 15 is 0 Å². The summed E-state index contributed by atoms with van der Waals surface area (Å²) in [4.78, 5) is 16.1. The number of carbonyl (C=O) groups is 1. The van der Waals surface area contributed by atoms with Gasteiger partial charge >= 0.3 is 0 Å². The van der Waals surface area contributed by atoms with E-state index in [9.17, 15) is 4.79 Å². The number of H-pyrrole nitrogens is 1. The highest BCUT2D eigenvalue weighted by molar-refractivity contribution is 8.00. The zero-order chi connectivity index (χ0) is 19.0. The molecule has 7 heteroatoms. The average molecular weight is 397 g/mol. The molecule has 0 aliphatic rings.